The number of methoxy groups -OCH3 is 2. The van der Waals surface area contributed by atoms with E-state index in [1.54, 1.807) is 44.7 Å². The minimum absolute atomic E-state index is 0.445. The first-order chi connectivity index (χ1) is 18.7. The van der Waals surface area contributed by atoms with Crippen LogP contribution in [0.2, 0.25) is 0 Å². The molecule has 0 amide bonds. The van der Waals surface area contributed by atoms with Gasteiger partial charge in [-0.2, -0.15) is 0 Å². The maximum absolute atomic E-state index is 13.2. The molecule has 4 aromatic carbocycles. The van der Waals surface area contributed by atoms with Gasteiger partial charge in [-0.15, -0.1) is 0 Å². The summed E-state index contributed by atoms with van der Waals surface area (Å²) in [6, 6.07) is 32.0. The molecular weight excluding hydrogens is 478 g/mol. The van der Waals surface area contributed by atoms with Gasteiger partial charge in [-0.25, -0.2) is 4.79 Å². The number of benzene rings is 4. The smallest absolute Gasteiger partial charge is 0.339 e. The predicted octanol–water partition coefficient (Wildman–Crippen LogP) is 6.78. The SMILES string of the molecule is COc1cc2ccnc(C(OC(=O)c3ccccc3)c3ccc(OCc4ccccc4)cc3)c2cc1OC. The summed E-state index contributed by atoms with van der Waals surface area (Å²) in [5.74, 6) is 1.43. The number of carbonyl (C=O) groups excluding carboxylic acids is 1. The normalized spacial score (nSPS) is 11.5. The number of nitrogens with zero attached hydrogens (tertiary/aromatic N) is 1. The summed E-state index contributed by atoms with van der Waals surface area (Å²) < 4.78 is 23.1. The van der Waals surface area contributed by atoms with E-state index in [0.29, 0.717) is 35.1 Å². The summed E-state index contributed by atoms with van der Waals surface area (Å²) in [6.07, 6.45) is 0.928. The van der Waals surface area contributed by atoms with Crippen LogP contribution >= 0.6 is 0 Å². The first-order valence-electron chi connectivity index (χ1n) is 12.2. The monoisotopic (exact) mass is 505 g/mol. The fraction of sp³-hybridized carbons (Fsp3) is 0.125. The number of carbonyl (C=O) groups is 1. The van der Waals surface area contributed by atoms with Gasteiger partial charge in [-0.05, 0) is 59.0 Å². The molecule has 6 nitrogen and oxygen atoms in total. The summed E-state index contributed by atoms with van der Waals surface area (Å²) in [7, 11) is 3.18. The molecule has 1 heterocycles. The number of hydrogen-bond donors (Lipinski definition) is 0. The number of esters is 1. The first-order valence-corrected chi connectivity index (χ1v) is 12.2. The van der Waals surface area contributed by atoms with Gasteiger partial charge < -0.3 is 18.9 Å². The third-order valence-electron chi connectivity index (χ3n) is 6.21. The Hall–Kier alpha value is -4.84. The topological polar surface area (TPSA) is 66.9 Å². The second kappa shape index (κ2) is 11.5. The molecule has 5 rings (SSSR count). The third kappa shape index (κ3) is 5.44. The Kier molecular flexibility index (Phi) is 7.50. The van der Waals surface area contributed by atoms with Gasteiger partial charge in [0.1, 0.15) is 12.4 Å². The van der Waals surface area contributed by atoms with Crippen LogP contribution in [0.3, 0.4) is 0 Å². The zero-order valence-corrected chi connectivity index (χ0v) is 21.2. The van der Waals surface area contributed by atoms with Crippen molar-refractivity contribution in [2.75, 3.05) is 14.2 Å². The highest BCUT2D eigenvalue weighted by atomic mass is 16.5. The number of aromatic nitrogens is 1. The van der Waals surface area contributed by atoms with Crippen molar-refractivity contribution in [3.63, 3.8) is 0 Å². The Balaban J connectivity index is 1.52. The van der Waals surface area contributed by atoms with Gasteiger partial charge in [0.15, 0.2) is 17.6 Å². The summed E-state index contributed by atoms with van der Waals surface area (Å²) in [4.78, 5) is 17.8. The Morgan fingerprint density at radius 2 is 1.45 bits per heavy atom. The van der Waals surface area contributed by atoms with Crippen LogP contribution in [0.5, 0.6) is 17.2 Å². The van der Waals surface area contributed by atoms with Crippen molar-refractivity contribution >= 4 is 16.7 Å². The van der Waals surface area contributed by atoms with Crippen LogP contribution in [-0.2, 0) is 11.3 Å². The molecule has 0 aliphatic carbocycles. The van der Waals surface area contributed by atoms with Gasteiger partial charge in [0.2, 0.25) is 0 Å². The fourth-order valence-corrected chi connectivity index (χ4v) is 4.24. The summed E-state index contributed by atoms with van der Waals surface area (Å²) in [5.41, 5.74) is 2.89. The zero-order valence-electron chi connectivity index (χ0n) is 21.2. The lowest BCUT2D eigenvalue weighted by Gasteiger charge is -2.21. The maximum atomic E-state index is 13.2. The van der Waals surface area contributed by atoms with Gasteiger partial charge in [0.25, 0.3) is 0 Å². The lowest BCUT2D eigenvalue weighted by molar-refractivity contribution is 0.0373. The molecule has 0 aliphatic heterocycles. The van der Waals surface area contributed by atoms with E-state index in [0.717, 1.165) is 21.9 Å². The molecule has 0 bridgehead atoms. The number of fused-ring (bicyclic) bond motifs is 1. The van der Waals surface area contributed by atoms with Gasteiger partial charge in [0, 0.05) is 11.6 Å². The summed E-state index contributed by atoms with van der Waals surface area (Å²) in [6.45, 7) is 0.457. The maximum Gasteiger partial charge on any atom is 0.339 e. The Labute approximate surface area is 221 Å². The minimum atomic E-state index is -0.771. The number of hydrogen-bond acceptors (Lipinski definition) is 6. The number of pyridine rings is 1. The van der Waals surface area contributed by atoms with Crippen LogP contribution in [0, 0.1) is 0 Å². The molecule has 0 radical (unpaired) electrons. The van der Waals surface area contributed by atoms with Gasteiger partial charge in [0.05, 0.1) is 25.5 Å². The quantitative estimate of drug-likeness (QED) is 0.206. The zero-order chi connectivity index (χ0) is 26.3. The predicted molar refractivity (Wildman–Crippen MR) is 146 cm³/mol. The van der Waals surface area contributed by atoms with Crippen LogP contribution in [0.4, 0.5) is 0 Å². The van der Waals surface area contributed by atoms with Crippen LogP contribution in [0.25, 0.3) is 10.8 Å². The minimum Gasteiger partial charge on any atom is -0.493 e. The Morgan fingerprint density at radius 3 is 2.13 bits per heavy atom. The molecule has 1 unspecified atom stereocenters. The van der Waals surface area contributed by atoms with Crippen molar-refractivity contribution in [1.82, 2.24) is 4.98 Å². The molecule has 0 saturated heterocycles. The van der Waals surface area contributed by atoms with Crippen molar-refractivity contribution in [2.24, 2.45) is 0 Å². The molecule has 190 valence electrons. The van der Waals surface area contributed by atoms with Crippen molar-refractivity contribution < 1.29 is 23.7 Å². The average Bonchev–Trinajstić information content (AvgIpc) is 2.99. The van der Waals surface area contributed by atoms with Crippen LogP contribution in [0.15, 0.2) is 109 Å². The van der Waals surface area contributed by atoms with E-state index in [1.165, 1.54) is 0 Å². The summed E-state index contributed by atoms with van der Waals surface area (Å²) >= 11 is 0. The lowest BCUT2D eigenvalue weighted by Crippen LogP contribution is -2.14. The number of rotatable bonds is 9. The highest BCUT2D eigenvalue weighted by Crippen LogP contribution is 2.37. The molecule has 1 atom stereocenters. The molecule has 5 aromatic rings. The molecule has 6 heteroatoms. The van der Waals surface area contributed by atoms with E-state index in [9.17, 15) is 4.79 Å². The van der Waals surface area contributed by atoms with Crippen LogP contribution < -0.4 is 14.2 Å². The molecule has 0 fully saturated rings. The molecule has 0 saturated carbocycles. The third-order valence-corrected chi connectivity index (χ3v) is 6.21. The second-order valence-corrected chi connectivity index (χ2v) is 8.62. The largest absolute Gasteiger partial charge is 0.493 e. The van der Waals surface area contributed by atoms with E-state index in [2.05, 4.69) is 4.98 Å². The Bertz CT molecular complexity index is 1520. The van der Waals surface area contributed by atoms with E-state index in [4.69, 9.17) is 18.9 Å². The Morgan fingerprint density at radius 1 is 0.789 bits per heavy atom. The second-order valence-electron chi connectivity index (χ2n) is 8.62. The van der Waals surface area contributed by atoms with Gasteiger partial charge >= 0.3 is 5.97 Å². The van der Waals surface area contributed by atoms with Gasteiger partial charge in [-0.1, -0.05) is 60.7 Å². The van der Waals surface area contributed by atoms with Crippen LogP contribution in [0.1, 0.15) is 33.3 Å². The molecule has 0 N–H and O–H groups in total. The van der Waals surface area contributed by atoms with Crippen molar-refractivity contribution in [3.8, 4) is 17.2 Å². The van der Waals surface area contributed by atoms with Crippen molar-refractivity contribution in [3.05, 3.63) is 132 Å². The van der Waals surface area contributed by atoms with Crippen molar-refractivity contribution in [1.29, 1.82) is 0 Å². The van der Waals surface area contributed by atoms with E-state index in [-0.39, 0.29) is 0 Å². The fourth-order valence-electron chi connectivity index (χ4n) is 4.24. The molecule has 0 aliphatic rings. The standard InChI is InChI=1S/C32H27NO5/c1-35-28-19-25-17-18-33-30(27(25)20-29(28)36-2)31(38-32(34)24-11-7-4-8-12-24)23-13-15-26(16-14-23)37-21-22-9-5-3-6-10-22/h3-20,31H,21H2,1-2H3. The highest BCUT2D eigenvalue weighted by Gasteiger charge is 2.24. The van der Waals surface area contributed by atoms with E-state index >= 15 is 0 Å². The van der Waals surface area contributed by atoms with Crippen molar-refractivity contribution in [2.45, 2.75) is 12.7 Å². The van der Waals surface area contributed by atoms with E-state index < -0.39 is 12.1 Å². The highest BCUT2D eigenvalue weighted by molar-refractivity contribution is 5.91. The molecule has 0 spiro atoms. The van der Waals surface area contributed by atoms with Crippen LogP contribution in [-0.4, -0.2) is 25.2 Å². The molecule has 1 aromatic heterocycles. The average molecular weight is 506 g/mol. The lowest BCUT2D eigenvalue weighted by atomic mass is 10.00. The summed E-state index contributed by atoms with van der Waals surface area (Å²) in [5, 5.41) is 1.68. The van der Waals surface area contributed by atoms with Gasteiger partial charge in [-0.3, -0.25) is 4.98 Å². The van der Waals surface area contributed by atoms with E-state index in [1.807, 2.05) is 78.9 Å². The molecule has 38 heavy (non-hydrogen) atoms. The number of ether oxygens (including phenoxy) is 4. The molecular formula is C32H27NO5. The first kappa shape index (κ1) is 24.8.